The van der Waals surface area contributed by atoms with Crippen molar-refractivity contribution in [3.05, 3.63) is 56.4 Å². The van der Waals surface area contributed by atoms with Gasteiger partial charge in [0, 0.05) is 31.1 Å². The van der Waals surface area contributed by atoms with E-state index in [-0.39, 0.29) is 5.56 Å². The Labute approximate surface area is 175 Å². The van der Waals surface area contributed by atoms with Crippen LogP contribution in [0, 0.1) is 6.92 Å². The van der Waals surface area contributed by atoms with Crippen LogP contribution in [-0.2, 0) is 19.4 Å². The van der Waals surface area contributed by atoms with Crippen molar-refractivity contribution in [2.45, 2.75) is 39.2 Å². The number of fused-ring (bicyclic) bond motifs is 3. The number of likely N-dealkylation sites (N-methyl/N-ethyl adjacent to an activating group) is 1. The highest BCUT2D eigenvalue weighted by molar-refractivity contribution is 7.18. The molecular formula is C23H28N4OS. The molecule has 0 bridgehead atoms. The number of rotatable bonds is 3. The van der Waals surface area contributed by atoms with E-state index in [2.05, 4.69) is 35.9 Å². The second-order valence-corrected chi connectivity index (χ2v) is 9.51. The predicted octanol–water partition coefficient (Wildman–Crippen LogP) is 3.38. The number of aromatic nitrogens is 2. The molecule has 1 aromatic carbocycles. The number of para-hydroxylation sites is 1. The van der Waals surface area contributed by atoms with Gasteiger partial charge in [-0.1, -0.05) is 18.2 Å². The summed E-state index contributed by atoms with van der Waals surface area (Å²) in [6, 6.07) is 8.18. The Balaban J connectivity index is 1.69. The summed E-state index contributed by atoms with van der Waals surface area (Å²) in [5.74, 6) is 0.875. The van der Waals surface area contributed by atoms with E-state index in [0.717, 1.165) is 72.9 Å². The fourth-order valence-electron chi connectivity index (χ4n) is 4.62. The first-order valence-corrected chi connectivity index (χ1v) is 11.5. The van der Waals surface area contributed by atoms with Gasteiger partial charge >= 0.3 is 0 Å². The second-order valence-electron chi connectivity index (χ2n) is 8.43. The second kappa shape index (κ2) is 7.67. The third-order valence-electron chi connectivity index (χ3n) is 6.38. The van der Waals surface area contributed by atoms with Crippen LogP contribution in [0.4, 0.5) is 0 Å². The number of hydrogen-bond acceptors (Lipinski definition) is 5. The average Bonchev–Trinajstić information content (AvgIpc) is 3.09. The van der Waals surface area contributed by atoms with E-state index in [1.807, 2.05) is 16.7 Å². The van der Waals surface area contributed by atoms with Gasteiger partial charge in [-0.15, -0.1) is 11.3 Å². The minimum Gasteiger partial charge on any atom is -0.304 e. The molecule has 3 aromatic rings. The predicted molar refractivity (Wildman–Crippen MR) is 119 cm³/mol. The van der Waals surface area contributed by atoms with Crippen LogP contribution in [0.3, 0.4) is 0 Å². The zero-order chi connectivity index (χ0) is 20.0. The van der Waals surface area contributed by atoms with Gasteiger partial charge in [0.2, 0.25) is 0 Å². The molecule has 2 aliphatic rings. The molecule has 0 unspecified atom stereocenters. The monoisotopic (exact) mass is 408 g/mol. The van der Waals surface area contributed by atoms with E-state index in [1.165, 1.54) is 23.3 Å². The molecule has 0 amide bonds. The lowest BCUT2D eigenvalue weighted by Gasteiger charge is -2.32. The highest BCUT2D eigenvalue weighted by Crippen LogP contribution is 2.34. The smallest absolute Gasteiger partial charge is 0.267 e. The number of benzene rings is 1. The molecule has 1 saturated heterocycles. The lowest BCUT2D eigenvalue weighted by atomic mass is 9.97. The quantitative estimate of drug-likeness (QED) is 0.666. The van der Waals surface area contributed by atoms with Crippen LogP contribution in [0.5, 0.6) is 0 Å². The molecule has 152 valence electrons. The molecule has 1 fully saturated rings. The largest absolute Gasteiger partial charge is 0.304 e. The van der Waals surface area contributed by atoms with Crippen LogP contribution in [-0.4, -0.2) is 52.6 Å². The minimum atomic E-state index is 0.118. The minimum absolute atomic E-state index is 0.118. The molecule has 0 spiro atoms. The number of thiophene rings is 1. The maximum Gasteiger partial charge on any atom is 0.267 e. The lowest BCUT2D eigenvalue weighted by Crippen LogP contribution is -2.44. The van der Waals surface area contributed by atoms with Gasteiger partial charge in [0.1, 0.15) is 10.7 Å². The molecule has 5 nitrogen and oxygen atoms in total. The maximum atomic E-state index is 13.8. The molecule has 0 saturated carbocycles. The Morgan fingerprint density at radius 3 is 2.62 bits per heavy atom. The molecule has 2 aromatic heterocycles. The van der Waals surface area contributed by atoms with Crippen molar-refractivity contribution in [3.63, 3.8) is 0 Å². The standard InChI is InChI=1S/C23H28N4OS/c1-16-7-3-5-9-18(16)27-20(15-26-13-11-25(2)12-14-26)24-22-21(23(27)28)17-8-4-6-10-19(17)29-22/h3,5,7,9H,4,6,8,10-15H2,1-2H3. The van der Waals surface area contributed by atoms with Crippen molar-refractivity contribution < 1.29 is 0 Å². The van der Waals surface area contributed by atoms with Crippen molar-refractivity contribution in [1.29, 1.82) is 0 Å². The van der Waals surface area contributed by atoms with Gasteiger partial charge < -0.3 is 4.90 Å². The molecular weight excluding hydrogens is 380 g/mol. The highest BCUT2D eigenvalue weighted by atomic mass is 32.1. The van der Waals surface area contributed by atoms with Crippen LogP contribution in [0.2, 0.25) is 0 Å². The zero-order valence-corrected chi connectivity index (χ0v) is 18.1. The summed E-state index contributed by atoms with van der Waals surface area (Å²) in [6.45, 7) is 6.94. The van der Waals surface area contributed by atoms with Crippen LogP contribution >= 0.6 is 11.3 Å². The summed E-state index contributed by atoms with van der Waals surface area (Å²) < 4.78 is 1.90. The SMILES string of the molecule is Cc1ccccc1-n1c(CN2CCN(C)CC2)nc2sc3c(c2c1=O)CCCC3. The van der Waals surface area contributed by atoms with E-state index in [0.29, 0.717) is 0 Å². The highest BCUT2D eigenvalue weighted by Gasteiger charge is 2.24. The van der Waals surface area contributed by atoms with Gasteiger partial charge in [0.15, 0.2) is 0 Å². The van der Waals surface area contributed by atoms with Gasteiger partial charge in [-0.2, -0.15) is 0 Å². The zero-order valence-electron chi connectivity index (χ0n) is 17.3. The van der Waals surface area contributed by atoms with Crippen LogP contribution < -0.4 is 5.56 Å². The molecule has 3 heterocycles. The van der Waals surface area contributed by atoms with Crippen molar-refractivity contribution >= 4 is 21.6 Å². The number of piperazine rings is 1. The number of aryl methyl sites for hydroxylation is 3. The normalized spacial score (nSPS) is 18.3. The Hall–Kier alpha value is -2.02. The lowest BCUT2D eigenvalue weighted by molar-refractivity contribution is 0.144. The van der Waals surface area contributed by atoms with Crippen LogP contribution in [0.25, 0.3) is 15.9 Å². The Bertz CT molecular complexity index is 1110. The fraction of sp³-hybridized carbons (Fsp3) is 0.478. The summed E-state index contributed by atoms with van der Waals surface area (Å²) in [4.78, 5) is 26.0. The molecule has 29 heavy (non-hydrogen) atoms. The maximum absolute atomic E-state index is 13.8. The Morgan fingerprint density at radius 1 is 1.07 bits per heavy atom. The van der Waals surface area contributed by atoms with Gasteiger partial charge in [0.25, 0.3) is 5.56 Å². The van der Waals surface area contributed by atoms with Crippen molar-refractivity contribution in [2.75, 3.05) is 33.2 Å². The third-order valence-corrected chi connectivity index (χ3v) is 7.56. The van der Waals surface area contributed by atoms with Crippen molar-refractivity contribution in [1.82, 2.24) is 19.4 Å². The van der Waals surface area contributed by atoms with E-state index in [4.69, 9.17) is 4.98 Å². The van der Waals surface area contributed by atoms with Gasteiger partial charge in [-0.05, 0) is 56.8 Å². The summed E-state index contributed by atoms with van der Waals surface area (Å²) in [6.07, 6.45) is 4.50. The first-order valence-electron chi connectivity index (χ1n) is 10.6. The fourth-order valence-corrected chi connectivity index (χ4v) is 5.89. The number of hydrogen-bond donors (Lipinski definition) is 0. The van der Waals surface area contributed by atoms with Gasteiger partial charge in [-0.25, -0.2) is 4.98 Å². The molecule has 1 aliphatic carbocycles. The molecule has 1 aliphatic heterocycles. The van der Waals surface area contributed by atoms with E-state index >= 15 is 0 Å². The van der Waals surface area contributed by atoms with Crippen LogP contribution in [0.1, 0.15) is 34.7 Å². The average molecular weight is 409 g/mol. The van der Waals surface area contributed by atoms with E-state index in [9.17, 15) is 4.79 Å². The molecule has 6 heteroatoms. The first-order chi connectivity index (χ1) is 14.1. The summed E-state index contributed by atoms with van der Waals surface area (Å²) in [7, 11) is 2.17. The summed E-state index contributed by atoms with van der Waals surface area (Å²) in [5, 5.41) is 0.870. The summed E-state index contributed by atoms with van der Waals surface area (Å²) >= 11 is 1.75. The van der Waals surface area contributed by atoms with E-state index in [1.54, 1.807) is 11.3 Å². The van der Waals surface area contributed by atoms with Gasteiger partial charge in [-0.3, -0.25) is 14.3 Å². The topological polar surface area (TPSA) is 41.4 Å². The Kier molecular flexibility index (Phi) is 5.02. The first kappa shape index (κ1) is 19.0. The summed E-state index contributed by atoms with van der Waals surface area (Å²) in [5.41, 5.74) is 3.46. The van der Waals surface area contributed by atoms with Crippen molar-refractivity contribution in [2.24, 2.45) is 0 Å². The third kappa shape index (κ3) is 3.43. The van der Waals surface area contributed by atoms with Crippen molar-refractivity contribution in [3.8, 4) is 5.69 Å². The molecule has 0 N–H and O–H groups in total. The number of nitrogens with zero attached hydrogens (tertiary/aromatic N) is 4. The molecule has 0 radical (unpaired) electrons. The molecule has 5 rings (SSSR count). The van der Waals surface area contributed by atoms with Gasteiger partial charge in [0.05, 0.1) is 17.6 Å². The molecule has 0 atom stereocenters. The van der Waals surface area contributed by atoms with Crippen LogP contribution in [0.15, 0.2) is 29.1 Å². The Morgan fingerprint density at radius 2 is 1.83 bits per heavy atom. The van der Waals surface area contributed by atoms with E-state index < -0.39 is 0 Å².